The van der Waals surface area contributed by atoms with Gasteiger partial charge in [-0.2, -0.15) is 0 Å². The molecule has 0 bridgehead atoms. The third-order valence-corrected chi connectivity index (χ3v) is 13.9. The number of rotatable bonds is 32. The number of thiophene rings is 2. The van der Waals surface area contributed by atoms with Gasteiger partial charge in [0, 0.05) is 20.9 Å². The van der Waals surface area contributed by atoms with E-state index >= 15 is 0 Å². The SMILES string of the molecule is CCCCCCCCC(CCCCCC)COc1cc(-c2ccc(Br)s2)c(OCC(CCCCCC)CCCCCCCC)cc1-c1ccc(Br)s1. The second kappa shape index (κ2) is 28.6. The molecular weight excluding hydrogens is 808 g/mol. The maximum absolute atomic E-state index is 6.96. The zero-order chi connectivity index (χ0) is 37.2. The number of ether oxygens (including phenoxy) is 2. The van der Waals surface area contributed by atoms with Gasteiger partial charge in [-0.25, -0.2) is 0 Å². The van der Waals surface area contributed by atoms with Crippen LogP contribution >= 0.6 is 54.5 Å². The Bertz CT molecular complexity index is 1220. The van der Waals surface area contributed by atoms with Gasteiger partial charge in [-0.3, -0.25) is 0 Å². The molecule has 1 aromatic carbocycles. The molecule has 3 rings (SSSR count). The van der Waals surface area contributed by atoms with E-state index in [9.17, 15) is 0 Å². The molecule has 6 heteroatoms. The van der Waals surface area contributed by atoms with E-state index in [1.807, 2.05) is 0 Å². The second-order valence-electron chi connectivity index (χ2n) is 15.2. The minimum Gasteiger partial charge on any atom is -0.493 e. The number of unbranched alkanes of at least 4 members (excludes halogenated alkanes) is 16. The lowest BCUT2D eigenvalue weighted by Crippen LogP contribution is -2.14. The summed E-state index contributed by atoms with van der Waals surface area (Å²) >= 11 is 11.1. The lowest BCUT2D eigenvalue weighted by Gasteiger charge is -2.22. The zero-order valence-corrected chi connectivity index (χ0v) is 38.2. The Kier molecular flexibility index (Phi) is 25.0. The molecular formula is C46H72Br2O2S2. The summed E-state index contributed by atoms with van der Waals surface area (Å²) in [4.78, 5) is 2.45. The van der Waals surface area contributed by atoms with Crippen molar-refractivity contribution in [3.8, 4) is 32.4 Å². The zero-order valence-electron chi connectivity index (χ0n) is 33.4. The Morgan fingerprint density at radius 1 is 0.442 bits per heavy atom. The van der Waals surface area contributed by atoms with Gasteiger partial charge in [-0.15, -0.1) is 22.7 Å². The van der Waals surface area contributed by atoms with Crippen LogP contribution in [0.4, 0.5) is 0 Å². The molecule has 0 saturated heterocycles. The van der Waals surface area contributed by atoms with Crippen molar-refractivity contribution >= 4 is 54.5 Å². The summed E-state index contributed by atoms with van der Waals surface area (Å²) in [5, 5.41) is 0. The average Bonchev–Trinajstić information content (AvgIpc) is 3.79. The van der Waals surface area contributed by atoms with Crippen molar-refractivity contribution in [3.05, 3.63) is 44.0 Å². The van der Waals surface area contributed by atoms with Gasteiger partial charge in [0.05, 0.1) is 20.8 Å². The Morgan fingerprint density at radius 3 is 1.06 bits per heavy atom. The van der Waals surface area contributed by atoms with Crippen LogP contribution in [0, 0.1) is 11.8 Å². The highest BCUT2D eigenvalue weighted by Crippen LogP contribution is 2.46. The van der Waals surface area contributed by atoms with E-state index in [1.54, 1.807) is 22.7 Å². The van der Waals surface area contributed by atoms with E-state index in [0.29, 0.717) is 11.8 Å². The third-order valence-electron chi connectivity index (χ3n) is 10.6. The van der Waals surface area contributed by atoms with Crippen molar-refractivity contribution < 1.29 is 9.47 Å². The standard InChI is InChI=1S/C46H72Br2O2S2/c1-5-9-13-17-19-23-27-37(25-21-15-11-7-3)35-49-41-33-40(44-30-32-46(48)52-44)42(34-39(41)43-29-31-45(47)51-43)50-36-38(26-22-16-12-8-4)28-24-20-18-14-10-6-2/h29-34,37-38H,5-28,35-36H2,1-4H3. The van der Waals surface area contributed by atoms with Crippen LogP contribution < -0.4 is 9.47 Å². The first kappa shape index (κ1) is 45.6. The first-order chi connectivity index (χ1) is 25.5. The van der Waals surface area contributed by atoms with Crippen LogP contribution in [0.15, 0.2) is 44.0 Å². The van der Waals surface area contributed by atoms with Crippen LogP contribution in [0.1, 0.15) is 182 Å². The molecule has 2 heterocycles. The largest absolute Gasteiger partial charge is 0.493 e. The van der Waals surface area contributed by atoms with Crippen LogP contribution in [0.5, 0.6) is 11.5 Å². The number of hydrogen-bond donors (Lipinski definition) is 0. The van der Waals surface area contributed by atoms with Crippen LogP contribution in [0.3, 0.4) is 0 Å². The van der Waals surface area contributed by atoms with E-state index in [0.717, 1.165) is 43.4 Å². The maximum Gasteiger partial charge on any atom is 0.128 e. The molecule has 294 valence electrons. The van der Waals surface area contributed by atoms with Crippen molar-refractivity contribution in [1.82, 2.24) is 0 Å². The van der Waals surface area contributed by atoms with E-state index in [-0.39, 0.29) is 0 Å². The molecule has 52 heavy (non-hydrogen) atoms. The first-order valence-corrected chi connectivity index (χ1v) is 24.7. The lowest BCUT2D eigenvalue weighted by molar-refractivity contribution is 0.220. The first-order valence-electron chi connectivity index (χ1n) is 21.4. The molecule has 0 radical (unpaired) electrons. The highest BCUT2D eigenvalue weighted by molar-refractivity contribution is 9.11. The second-order valence-corrected chi connectivity index (χ2v) is 20.1. The minimum atomic E-state index is 0.594. The quantitative estimate of drug-likeness (QED) is 0.0582. The van der Waals surface area contributed by atoms with Crippen LogP contribution in [-0.4, -0.2) is 13.2 Å². The molecule has 0 N–H and O–H groups in total. The highest BCUT2D eigenvalue weighted by atomic mass is 79.9. The molecule has 0 amide bonds. The van der Waals surface area contributed by atoms with E-state index in [1.165, 1.54) is 164 Å². The fourth-order valence-corrected chi connectivity index (χ4v) is 10.1. The molecule has 2 nitrogen and oxygen atoms in total. The maximum atomic E-state index is 6.96. The van der Waals surface area contributed by atoms with E-state index in [4.69, 9.17) is 9.47 Å². The van der Waals surface area contributed by atoms with Gasteiger partial charge >= 0.3 is 0 Å². The smallest absolute Gasteiger partial charge is 0.128 e. The fourth-order valence-electron chi connectivity index (χ4n) is 7.29. The Balaban J connectivity index is 1.86. The van der Waals surface area contributed by atoms with Gasteiger partial charge in [0.25, 0.3) is 0 Å². The summed E-state index contributed by atoms with van der Waals surface area (Å²) < 4.78 is 16.2. The van der Waals surface area contributed by atoms with Crippen molar-refractivity contribution in [1.29, 1.82) is 0 Å². The summed E-state index contributed by atoms with van der Waals surface area (Å²) in [6.45, 7) is 10.8. The molecule has 0 saturated carbocycles. The normalized spacial score (nSPS) is 12.7. The number of halogens is 2. The van der Waals surface area contributed by atoms with E-state index in [2.05, 4.69) is 96.0 Å². The van der Waals surface area contributed by atoms with Crippen molar-refractivity contribution in [2.45, 2.75) is 182 Å². The van der Waals surface area contributed by atoms with Crippen molar-refractivity contribution in [3.63, 3.8) is 0 Å². The summed E-state index contributed by atoms with van der Waals surface area (Å²) in [5.74, 6) is 3.17. The number of benzene rings is 1. The molecule has 0 aliphatic rings. The van der Waals surface area contributed by atoms with Gasteiger partial charge < -0.3 is 9.47 Å². The molecule has 2 atom stereocenters. The van der Waals surface area contributed by atoms with Crippen LogP contribution in [0.2, 0.25) is 0 Å². The average molecular weight is 881 g/mol. The van der Waals surface area contributed by atoms with Crippen molar-refractivity contribution in [2.75, 3.05) is 13.2 Å². The Hall–Kier alpha value is -0.820. The summed E-state index contributed by atoms with van der Waals surface area (Å²) in [7, 11) is 0. The molecule has 0 aliphatic heterocycles. The highest BCUT2D eigenvalue weighted by Gasteiger charge is 2.21. The summed E-state index contributed by atoms with van der Waals surface area (Å²) in [6.07, 6.45) is 31.8. The lowest BCUT2D eigenvalue weighted by atomic mass is 9.94. The van der Waals surface area contributed by atoms with Gasteiger partial charge in [-0.05, 0) is 106 Å². The van der Waals surface area contributed by atoms with Crippen molar-refractivity contribution in [2.24, 2.45) is 11.8 Å². The molecule has 0 spiro atoms. The topological polar surface area (TPSA) is 18.5 Å². The molecule has 3 aromatic rings. The molecule has 2 aromatic heterocycles. The predicted molar refractivity (Wildman–Crippen MR) is 240 cm³/mol. The summed E-state index contributed by atoms with van der Waals surface area (Å²) in [5.41, 5.74) is 2.31. The monoisotopic (exact) mass is 878 g/mol. The van der Waals surface area contributed by atoms with Crippen LogP contribution in [0.25, 0.3) is 20.9 Å². The fraction of sp³-hybridized carbons (Fsp3) is 0.696. The summed E-state index contributed by atoms with van der Waals surface area (Å²) in [6, 6.07) is 13.4. The Morgan fingerprint density at radius 2 is 0.750 bits per heavy atom. The third kappa shape index (κ3) is 18.2. The predicted octanol–water partition coefficient (Wildman–Crippen LogP) is 18.1. The molecule has 2 unspecified atom stereocenters. The Labute approximate surface area is 344 Å². The van der Waals surface area contributed by atoms with Crippen LogP contribution in [-0.2, 0) is 0 Å². The molecule has 0 fully saturated rings. The number of hydrogen-bond acceptors (Lipinski definition) is 4. The minimum absolute atomic E-state index is 0.594. The van der Waals surface area contributed by atoms with Gasteiger partial charge in [0.2, 0.25) is 0 Å². The van der Waals surface area contributed by atoms with Gasteiger partial charge in [-0.1, -0.05) is 156 Å². The van der Waals surface area contributed by atoms with E-state index < -0.39 is 0 Å². The molecule has 0 aliphatic carbocycles. The van der Waals surface area contributed by atoms with Gasteiger partial charge in [0.1, 0.15) is 11.5 Å². The van der Waals surface area contributed by atoms with Gasteiger partial charge in [0.15, 0.2) is 0 Å².